The molecule has 0 saturated carbocycles. The van der Waals surface area contributed by atoms with Gasteiger partial charge in [0.15, 0.2) is 0 Å². The van der Waals surface area contributed by atoms with Crippen LogP contribution in [0.1, 0.15) is 20.3 Å². The van der Waals surface area contributed by atoms with Crippen molar-refractivity contribution in [3.05, 3.63) is 0 Å². The Morgan fingerprint density at radius 3 is 2.38 bits per heavy atom. The second-order valence-corrected chi connectivity index (χ2v) is 5.14. The fraction of sp³-hybridized carbons (Fsp3) is 0.750. The van der Waals surface area contributed by atoms with Gasteiger partial charge in [0.2, 0.25) is 15.9 Å². The summed E-state index contributed by atoms with van der Waals surface area (Å²) in [7, 11) is -3.47. The molecule has 0 aliphatic rings. The Bertz CT molecular complexity index is 351. The highest BCUT2D eigenvalue weighted by atomic mass is 32.2. The number of carboxylic acids is 1. The molecule has 1 amide bonds. The van der Waals surface area contributed by atoms with E-state index in [1.807, 2.05) is 0 Å². The monoisotopic (exact) mass is 252 g/mol. The van der Waals surface area contributed by atoms with Crippen LogP contribution in [0.5, 0.6) is 0 Å². The molecule has 0 radical (unpaired) electrons. The topological polar surface area (TPSA) is 113 Å². The molecule has 0 aromatic carbocycles. The van der Waals surface area contributed by atoms with Crippen LogP contribution in [0.2, 0.25) is 0 Å². The summed E-state index contributed by atoms with van der Waals surface area (Å²) in [6.07, 6.45) is 0.443. The van der Waals surface area contributed by atoms with Gasteiger partial charge in [-0.2, -0.15) is 0 Å². The van der Waals surface area contributed by atoms with E-state index >= 15 is 0 Å². The summed E-state index contributed by atoms with van der Waals surface area (Å²) < 4.78 is 24.7. The zero-order valence-electron chi connectivity index (χ0n) is 9.19. The molecule has 0 aliphatic heterocycles. The van der Waals surface area contributed by atoms with Gasteiger partial charge in [-0.1, -0.05) is 6.92 Å². The molecule has 0 rings (SSSR count). The third-order valence-corrected chi connectivity index (χ3v) is 3.29. The fourth-order valence-corrected chi connectivity index (χ4v) is 2.27. The van der Waals surface area contributed by atoms with Crippen LogP contribution in [0.4, 0.5) is 0 Å². The predicted octanol–water partition coefficient (Wildman–Crippen LogP) is -1.09. The zero-order valence-corrected chi connectivity index (χ0v) is 10.0. The number of hydrogen-bond donors (Lipinski definition) is 3. The number of amides is 1. The van der Waals surface area contributed by atoms with Gasteiger partial charge < -0.3 is 10.4 Å². The molecule has 0 spiro atoms. The first-order valence-corrected chi connectivity index (χ1v) is 6.43. The summed E-state index contributed by atoms with van der Waals surface area (Å²) in [6.45, 7) is 2.53. The number of carbonyl (C=O) groups excluding carboxylic acids is 1. The van der Waals surface area contributed by atoms with E-state index in [0.29, 0.717) is 6.42 Å². The summed E-state index contributed by atoms with van der Waals surface area (Å²) in [5, 5.41) is 10.4. The van der Waals surface area contributed by atoms with Gasteiger partial charge in [0, 0.05) is 0 Å². The molecule has 94 valence electrons. The van der Waals surface area contributed by atoms with Crippen LogP contribution in [-0.4, -0.2) is 43.7 Å². The maximum Gasteiger partial charge on any atom is 0.322 e. The summed E-state index contributed by atoms with van der Waals surface area (Å²) in [6, 6.07) is -0.976. The second kappa shape index (κ2) is 6.44. The van der Waals surface area contributed by atoms with Crippen LogP contribution >= 0.6 is 0 Å². The van der Waals surface area contributed by atoms with E-state index in [1.165, 1.54) is 6.92 Å². The smallest absolute Gasteiger partial charge is 0.322 e. The Hall–Kier alpha value is -1.15. The second-order valence-electron chi connectivity index (χ2n) is 3.27. The lowest BCUT2D eigenvalue weighted by atomic mass is 10.3. The Kier molecular flexibility index (Phi) is 5.97. The highest BCUT2D eigenvalue weighted by Gasteiger charge is 2.19. The van der Waals surface area contributed by atoms with Crippen molar-refractivity contribution in [3.8, 4) is 0 Å². The van der Waals surface area contributed by atoms with Crippen molar-refractivity contribution in [2.75, 3.05) is 12.3 Å². The molecule has 0 aromatic heterocycles. The van der Waals surface area contributed by atoms with Crippen LogP contribution in [0.3, 0.4) is 0 Å². The van der Waals surface area contributed by atoms with Crippen LogP contribution in [0.15, 0.2) is 0 Å². The number of aliphatic carboxylic acids is 1. The molecule has 0 saturated heterocycles. The maximum atomic E-state index is 11.3. The Morgan fingerprint density at radius 2 is 1.94 bits per heavy atom. The van der Waals surface area contributed by atoms with Gasteiger partial charge in [0.1, 0.15) is 6.54 Å². The minimum Gasteiger partial charge on any atom is -0.480 e. The summed E-state index contributed by atoms with van der Waals surface area (Å²) in [4.78, 5) is 21.4. The molecule has 1 atom stereocenters. The lowest BCUT2D eigenvalue weighted by Crippen LogP contribution is -2.46. The van der Waals surface area contributed by atoms with Gasteiger partial charge >= 0.3 is 5.97 Å². The number of nitrogens with one attached hydrogen (secondary N) is 2. The van der Waals surface area contributed by atoms with Crippen molar-refractivity contribution in [1.82, 2.24) is 10.0 Å². The van der Waals surface area contributed by atoms with Crippen LogP contribution in [0, 0.1) is 0 Å². The first-order chi connectivity index (χ1) is 7.28. The minimum absolute atomic E-state index is 0.0659. The summed E-state index contributed by atoms with van der Waals surface area (Å²) in [5.41, 5.74) is 0. The van der Waals surface area contributed by atoms with E-state index in [4.69, 9.17) is 5.11 Å². The predicted molar refractivity (Wildman–Crippen MR) is 57.3 cm³/mol. The number of carbonyl (C=O) groups is 2. The highest BCUT2D eigenvalue weighted by Crippen LogP contribution is 1.92. The molecule has 8 heteroatoms. The van der Waals surface area contributed by atoms with Crippen LogP contribution in [0.25, 0.3) is 0 Å². The van der Waals surface area contributed by atoms with E-state index in [2.05, 4.69) is 10.0 Å². The lowest BCUT2D eigenvalue weighted by Gasteiger charge is -2.12. The van der Waals surface area contributed by atoms with E-state index < -0.39 is 34.5 Å². The van der Waals surface area contributed by atoms with Crippen molar-refractivity contribution in [1.29, 1.82) is 0 Å². The first-order valence-electron chi connectivity index (χ1n) is 4.78. The van der Waals surface area contributed by atoms with Gasteiger partial charge in [-0.15, -0.1) is 0 Å². The summed E-state index contributed by atoms with van der Waals surface area (Å²) in [5.74, 6) is -1.91. The minimum atomic E-state index is -3.47. The molecule has 0 aromatic rings. The van der Waals surface area contributed by atoms with Gasteiger partial charge in [-0.05, 0) is 13.3 Å². The van der Waals surface area contributed by atoms with Crippen molar-refractivity contribution < 1.29 is 23.1 Å². The molecule has 7 nitrogen and oxygen atoms in total. The van der Waals surface area contributed by atoms with Gasteiger partial charge in [-0.3, -0.25) is 9.59 Å². The third-order valence-electron chi connectivity index (χ3n) is 1.64. The largest absolute Gasteiger partial charge is 0.480 e. The quantitative estimate of drug-likeness (QED) is 0.532. The average molecular weight is 252 g/mol. The molecule has 0 heterocycles. The van der Waals surface area contributed by atoms with Crippen LogP contribution in [-0.2, 0) is 19.6 Å². The number of sulfonamides is 1. The molecule has 0 fully saturated rings. The number of rotatable bonds is 7. The third kappa shape index (κ3) is 6.36. The maximum absolute atomic E-state index is 11.3. The normalized spacial score (nSPS) is 13.1. The SMILES string of the molecule is CCCS(=O)(=O)NC(C)C(=O)NCC(=O)O. The lowest BCUT2D eigenvalue weighted by molar-refractivity contribution is -0.138. The van der Waals surface area contributed by atoms with Gasteiger partial charge in [0.25, 0.3) is 0 Å². The molecular formula is C8H16N2O5S. The van der Waals surface area contributed by atoms with Crippen molar-refractivity contribution in [2.24, 2.45) is 0 Å². The number of carboxylic acid groups (broad SMARTS) is 1. The number of hydrogen-bond acceptors (Lipinski definition) is 4. The van der Waals surface area contributed by atoms with Crippen LogP contribution < -0.4 is 10.0 Å². The summed E-state index contributed by atoms with van der Waals surface area (Å²) >= 11 is 0. The average Bonchev–Trinajstić information content (AvgIpc) is 2.12. The van der Waals surface area contributed by atoms with E-state index in [1.54, 1.807) is 6.92 Å². The van der Waals surface area contributed by atoms with E-state index in [0.717, 1.165) is 0 Å². The van der Waals surface area contributed by atoms with Gasteiger partial charge in [0.05, 0.1) is 11.8 Å². The Balaban J connectivity index is 4.20. The van der Waals surface area contributed by atoms with Crippen molar-refractivity contribution in [3.63, 3.8) is 0 Å². The molecule has 0 aliphatic carbocycles. The standard InChI is InChI=1S/C8H16N2O5S/c1-3-4-16(14,15)10-6(2)8(13)9-5-7(11)12/h6,10H,3-5H2,1-2H3,(H,9,13)(H,11,12). The van der Waals surface area contributed by atoms with Crippen molar-refractivity contribution in [2.45, 2.75) is 26.3 Å². The Labute approximate surface area is 94.3 Å². The fourth-order valence-electron chi connectivity index (χ4n) is 0.966. The molecule has 0 bridgehead atoms. The molecular weight excluding hydrogens is 236 g/mol. The zero-order chi connectivity index (χ0) is 12.8. The van der Waals surface area contributed by atoms with E-state index in [-0.39, 0.29) is 5.75 Å². The molecule has 1 unspecified atom stereocenters. The van der Waals surface area contributed by atoms with Crippen molar-refractivity contribution >= 4 is 21.9 Å². The highest BCUT2D eigenvalue weighted by molar-refractivity contribution is 7.89. The van der Waals surface area contributed by atoms with E-state index in [9.17, 15) is 18.0 Å². The first kappa shape index (κ1) is 14.8. The Morgan fingerprint density at radius 1 is 1.38 bits per heavy atom. The van der Waals surface area contributed by atoms with Gasteiger partial charge in [-0.25, -0.2) is 13.1 Å². The molecule has 3 N–H and O–H groups in total. The molecule has 16 heavy (non-hydrogen) atoms.